The highest BCUT2D eigenvalue weighted by Gasteiger charge is 2.10. The minimum absolute atomic E-state index is 0.165. The first-order valence-corrected chi connectivity index (χ1v) is 5.72. The van der Waals surface area contributed by atoms with E-state index < -0.39 is 5.97 Å². The van der Waals surface area contributed by atoms with Gasteiger partial charge in [0.2, 0.25) is 0 Å². The van der Waals surface area contributed by atoms with E-state index in [1.807, 2.05) is 6.07 Å². The molecular formula is C13H14N2O3. The largest absolute Gasteiger partial charge is 0.462 e. The second kappa shape index (κ2) is 5.00. The molecule has 0 fully saturated rings. The summed E-state index contributed by atoms with van der Waals surface area (Å²) in [5.74, 6) is -0.463. The van der Waals surface area contributed by atoms with Crippen LogP contribution >= 0.6 is 0 Å². The van der Waals surface area contributed by atoms with Crippen LogP contribution < -0.4 is 5.56 Å². The zero-order valence-electron chi connectivity index (χ0n) is 10.3. The van der Waals surface area contributed by atoms with Crippen LogP contribution in [0, 0.1) is 0 Å². The smallest absolute Gasteiger partial charge is 0.328 e. The van der Waals surface area contributed by atoms with Gasteiger partial charge in [-0.25, -0.2) is 4.68 Å². The van der Waals surface area contributed by atoms with Gasteiger partial charge in [-0.1, -0.05) is 18.2 Å². The van der Waals surface area contributed by atoms with Crippen molar-refractivity contribution in [2.45, 2.75) is 26.5 Å². The summed E-state index contributed by atoms with van der Waals surface area (Å²) in [5, 5.41) is 5.26. The minimum Gasteiger partial charge on any atom is -0.462 e. The van der Waals surface area contributed by atoms with Crippen molar-refractivity contribution in [1.29, 1.82) is 0 Å². The number of nitrogens with zero attached hydrogens (tertiary/aromatic N) is 2. The number of hydrogen-bond donors (Lipinski definition) is 0. The molecule has 0 aliphatic heterocycles. The number of carbonyl (C=O) groups is 1. The van der Waals surface area contributed by atoms with Crippen LogP contribution in [-0.2, 0) is 16.1 Å². The highest BCUT2D eigenvalue weighted by atomic mass is 16.5. The average molecular weight is 246 g/mol. The molecule has 0 bridgehead atoms. The number of rotatable bonds is 3. The third kappa shape index (κ3) is 2.56. The molecule has 0 N–H and O–H groups in total. The number of aromatic nitrogens is 2. The third-order valence-electron chi connectivity index (χ3n) is 2.41. The molecule has 0 unspecified atom stereocenters. The molecule has 0 aliphatic carbocycles. The van der Waals surface area contributed by atoms with Crippen LogP contribution in [0.1, 0.15) is 13.8 Å². The highest BCUT2D eigenvalue weighted by Crippen LogP contribution is 2.06. The van der Waals surface area contributed by atoms with Crippen molar-refractivity contribution in [3.05, 3.63) is 40.8 Å². The Kier molecular flexibility index (Phi) is 3.41. The summed E-state index contributed by atoms with van der Waals surface area (Å²) in [5.41, 5.74) is -0.284. The fourth-order valence-corrected chi connectivity index (χ4v) is 1.66. The van der Waals surface area contributed by atoms with Gasteiger partial charge < -0.3 is 4.74 Å². The number of benzene rings is 1. The lowest BCUT2D eigenvalue weighted by Gasteiger charge is -2.09. The summed E-state index contributed by atoms with van der Waals surface area (Å²) in [6.45, 7) is 3.35. The van der Waals surface area contributed by atoms with Crippen LogP contribution in [-0.4, -0.2) is 21.9 Å². The van der Waals surface area contributed by atoms with Gasteiger partial charge in [-0.05, 0) is 19.9 Å². The third-order valence-corrected chi connectivity index (χ3v) is 2.41. The second-order valence-electron chi connectivity index (χ2n) is 4.23. The summed E-state index contributed by atoms with van der Waals surface area (Å²) >= 11 is 0. The summed E-state index contributed by atoms with van der Waals surface area (Å²) in [4.78, 5) is 23.5. The molecule has 94 valence electrons. The molecule has 0 amide bonds. The van der Waals surface area contributed by atoms with E-state index in [2.05, 4.69) is 5.10 Å². The Morgan fingerprint density at radius 1 is 1.39 bits per heavy atom. The number of carbonyl (C=O) groups excluding carboxylic acids is 1. The Balaban J connectivity index is 2.32. The van der Waals surface area contributed by atoms with E-state index in [1.165, 1.54) is 0 Å². The van der Waals surface area contributed by atoms with Crippen LogP contribution in [0.25, 0.3) is 10.8 Å². The lowest BCUT2D eigenvalue weighted by Crippen LogP contribution is -2.28. The van der Waals surface area contributed by atoms with Crippen molar-refractivity contribution in [2.75, 3.05) is 0 Å². The van der Waals surface area contributed by atoms with Gasteiger partial charge >= 0.3 is 5.97 Å². The number of fused-ring (bicyclic) bond motifs is 1. The summed E-state index contributed by atoms with van der Waals surface area (Å²) in [6, 6.07) is 7.13. The van der Waals surface area contributed by atoms with Gasteiger partial charge in [0.1, 0.15) is 6.54 Å². The summed E-state index contributed by atoms with van der Waals surface area (Å²) < 4.78 is 6.10. The normalized spacial score (nSPS) is 10.8. The Labute approximate surface area is 104 Å². The van der Waals surface area contributed by atoms with Gasteiger partial charge in [-0.2, -0.15) is 5.10 Å². The second-order valence-corrected chi connectivity index (χ2v) is 4.23. The van der Waals surface area contributed by atoms with Gasteiger partial charge in [0, 0.05) is 5.39 Å². The molecule has 0 aliphatic rings. The van der Waals surface area contributed by atoms with E-state index in [0.29, 0.717) is 5.39 Å². The first-order valence-electron chi connectivity index (χ1n) is 5.72. The molecule has 1 aromatic heterocycles. The lowest BCUT2D eigenvalue weighted by atomic mass is 10.2. The van der Waals surface area contributed by atoms with Crippen LogP contribution in [0.5, 0.6) is 0 Å². The van der Waals surface area contributed by atoms with Crippen LogP contribution in [0.3, 0.4) is 0 Å². The van der Waals surface area contributed by atoms with Crippen molar-refractivity contribution >= 4 is 16.7 Å². The fraction of sp³-hybridized carbons (Fsp3) is 0.308. The Morgan fingerprint density at radius 2 is 2.11 bits per heavy atom. The van der Waals surface area contributed by atoms with Gasteiger partial charge in [-0.3, -0.25) is 9.59 Å². The zero-order chi connectivity index (χ0) is 13.1. The molecule has 0 spiro atoms. The SMILES string of the molecule is CC(C)OC(=O)Cn1ncc2ccccc2c1=O. The van der Waals surface area contributed by atoms with E-state index in [-0.39, 0.29) is 18.2 Å². The topological polar surface area (TPSA) is 61.2 Å². The fourth-order valence-electron chi connectivity index (χ4n) is 1.66. The Bertz CT molecular complexity index is 631. The minimum atomic E-state index is -0.463. The van der Waals surface area contributed by atoms with E-state index >= 15 is 0 Å². The molecule has 1 heterocycles. The average Bonchev–Trinajstić information content (AvgIpc) is 2.32. The van der Waals surface area contributed by atoms with Crippen molar-refractivity contribution in [1.82, 2.24) is 9.78 Å². The quantitative estimate of drug-likeness (QED) is 0.767. The monoisotopic (exact) mass is 246 g/mol. The van der Waals surface area contributed by atoms with Crippen molar-refractivity contribution < 1.29 is 9.53 Å². The first kappa shape index (κ1) is 12.3. The predicted molar refractivity (Wildman–Crippen MR) is 67.2 cm³/mol. The number of hydrogen-bond acceptors (Lipinski definition) is 4. The van der Waals surface area contributed by atoms with Crippen molar-refractivity contribution in [3.63, 3.8) is 0 Å². The molecule has 5 heteroatoms. The highest BCUT2D eigenvalue weighted by molar-refractivity contribution is 5.80. The molecule has 0 saturated carbocycles. The maximum Gasteiger partial charge on any atom is 0.328 e. The maximum absolute atomic E-state index is 12.0. The van der Waals surface area contributed by atoms with Gasteiger partial charge in [0.15, 0.2) is 0 Å². The summed E-state index contributed by atoms with van der Waals surface area (Å²) in [6.07, 6.45) is 1.37. The van der Waals surface area contributed by atoms with E-state index in [4.69, 9.17) is 4.74 Å². The Morgan fingerprint density at radius 3 is 2.83 bits per heavy atom. The standard InChI is InChI=1S/C13H14N2O3/c1-9(2)18-12(16)8-15-13(17)11-6-4-3-5-10(11)7-14-15/h3-7,9H,8H2,1-2H3. The van der Waals surface area contributed by atoms with E-state index in [0.717, 1.165) is 10.1 Å². The van der Waals surface area contributed by atoms with Gasteiger partial charge in [-0.15, -0.1) is 0 Å². The van der Waals surface area contributed by atoms with Crippen LogP contribution in [0.4, 0.5) is 0 Å². The molecule has 1 aromatic carbocycles. The molecule has 2 rings (SSSR count). The van der Waals surface area contributed by atoms with Crippen molar-refractivity contribution in [2.24, 2.45) is 0 Å². The molecule has 5 nitrogen and oxygen atoms in total. The van der Waals surface area contributed by atoms with Crippen LogP contribution in [0.2, 0.25) is 0 Å². The predicted octanol–water partition coefficient (Wildman–Crippen LogP) is 1.35. The summed E-state index contributed by atoms with van der Waals surface area (Å²) in [7, 11) is 0. The van der Waals surface area contributed by atoms with Crippen LogP contribution in [0.15, 0.2) is 35.3 Å². The van der Waals surface area contributed by atoms with Crippen molar-refractivity contribution in [3.8, 4) is 0 Å². The maximum atomic E-state index is 12.0. The Hall–Kier alpha value is -2.17. The van der Waals surface area contributed by atoms with Gasteiger partial charge in [0.05, 0.1) is 17.7 Å². The molecule has 18 heavy (non-hydrogen) atoms. The molecule has 0 atom stereocenters. The molecule has 0 saturated heterocycles. The number of ether oxygens (including phenoxy) is 1. The lowest BCUT2D eigenvalue weighted by molar-refractivity contribution is -0.148. The van der Waals surface area contributed by atoms with E-state index in [9.17, 15) is 9.59 Å². The van der Waals surface area contributed by atoms with E-state index in [1.54, 1.807) is 38.2 Å². The molecular weight excluding hydrogens is 232 g/mol. The first-order chi connectivity index (χ1) is 8.58. The van der Waals surface area contributed by atoms with Gasteiger partial charge in [0.25, 0.3) is 5.56 Å². The number of esters is 1. The molecule has 2 aromatic rings. The molecule has 0 radical (unpaired) electrons. The zero-order valence-corrected chi connectivity index (χ0v) is 10.3.